The molecule has 0 radical (unpaired) electrons. The van der Waals surface area contributed by atoms with Gasteiger partial charge in [0.2, 0.25) is 0 Å². The van der Waals surface area contributed by atoms with Gasteiger partial charge in [-0.3, -0.25) is 0 Å². The number of aromatic carboxylic acids is 1. The molecule has 0 fully saturated rings. The number of rotatable bonds is 5. The Balaban J connectivity index is 2.00. The Hall–Kier alpha value is -2.61. The minimum absolute atomic E-state index is 0.325. The summed E-state index contributed by atoms with van der Waals surface area (Å²) in [7, 11) is 0. The molecule has 1 atom stereocenters. The molecule has 2 aliphatic carbocycles. The van der Waals surface area contributed by atoms with E-state index in [1.165, 1.54) is 11.1 Å². The molecule has 0 saturated heterocycles. The van der Waals surface area contributed by atoms with E-state index in [-0.39, 0.29) is 0 Å². The lowest BCUT2D eigenvalue weighted by Gasteiger charge is -2.22. The Morgan fingerprint density at radius 3 is 2.38 bits per heavy atom. The molecule has 1 aromatic carbocycles. The molecule has 2 heteroatoms. The van der Waals surface area contributed by atoms with Gasteiger partial charge in [-0.1, -0.05) is 68.4 Å². The van der Waals surface area contributed by atoms with Crippen LogP contribution in [0.3, 0.4) is 0 Å². The summed E-state index contributed by atoms with van der Waals surface area (Å²) < 4.78 is 0. The van der Waals surface area contributed by atoms with Gasteiger partial charge in [-0.15, -0.1) is 0 Å². The summed E-state index contributed by atoms with van der Waals surface area (Å²) in [6.07, 6.45) is 0.988. The molecule has 1 unspecified atom stereocenters. The number of hydrogen-bond donors (Lipinski definition) is 1. The number of carboxylic acids is 1. The second-order valence-electron chi connectivity index (χ2n) is 6.63. The molecule has 0 aliphatic heterocycles. The van der Waals surface area contributed by atoms with Gasteiger partial charge in [-0.05, 0) is 52.6 Å². The first kappa shape index (κ1) is 16.3. The van der Waals surface area contributed by atoms with Crippen LogP contribution in [-0.2, 0) is 6.42 Å². The van der Waals surface area contributed by atoms with Crippen molar-refractivity contribution in [3.63, 3.8) is 0 Å². The molecule has 0 saturated carbocycles. The Bertz CT molecular complexity index is 805. The Labute approximate surface area is 143 Å². The standard InChI is InChI=1S/C22H22O2/c1-15(2)21(13-16-7-4-3-5-8-16)20-12-11-17-14-18(22(23)24)9-6-10-19(17)20/h3-12,14-15,21H,13H2,1-2H3,(H,23,24). The Morgan fingerprint density at radius 2 is 1.71 bits per heavy atom. The average molecular weight is 318 g/mol. The molecule has 3 rings (SSSR count). The molecule has 1 N–H and O–H groups in total. The summed E-state index contributed by atoms with van der Waals surface area (Å²) in [4.78, 5) is 11.3. The maximum atomic E-state index is 11.3. The monoisotopic (exact) mass is 318 g/mol. The molecule has 122 valence electrons. The van der Waals surface area contributed by atoms with E-state index in [1.54, 1.807) is 12.1 Å². The van der Waals surface area contributed by atoms with Crippen molar-refractivity contribution in [1.82, 2.24) is 0 Å². The highest BCUT2D eigenvalue weighted by Crippen LogP contribution is 2.38. The van der Waals surface area contributed by atoms with Gasteiger partial charge in [0, 0.05) is 0 Å². The van der Waals surface area contributed by atoms with Crippen LogP contribution < -0.4 is 0 Å². The molecule has 0 heterocycles. The summed E-state index contributed by atoms with van der Waals surface area (Å²) in [6.45, 7) is 4.50. The first-order valence-electron chi connectivity index (χ1n) is 8.36. The normalized spacial score (nSPS) is 12.5. The van der Waals surface area contributed by atoms with Gasteiger partial charge < -0.3 is 5.11 Å². The highest BCUT2D eigenvalue weighted by atomic mass is 16.4. The lowest BCUT2D eigenvalue weighted by molar-refractivity contribution is 0.0697. The number of carbonyl (C=O) groups is 1. The van der Waals surface area contributed by atoms with E-state index in [4.69, 9.17) is 0 Å². The topological polar surface area (TPSA) is 37.3 Å². The van der Waals surface area contributed by atoms with E-state index < -0.39 is 5.97 Å². The minimum Gasteiger partial charge on any atom is -0.478 e. The summed E-state index contributed by atoms with van der Waals surface area (Å²) in [5.74, 6) is 0.0146. The van der Waals surface area contributed by atoms with Crippen LogP contribution in [0, 0.1) is 5.92 Å². The van der Waals surface area contributed by atoms with Crippen LogP contribution in [0.2, 0.25) is 0 Å². The second-order valence-corrected chi connectivity index (χ2v) is 6.63. The number of carboxylic acid groups (broad SMARTS) is 1. The fourth-order valence-corrected chi connectivity index (χ4v) is 3.34. The van der Waals surface area contributed by atoms with E-state index in [9.17, 15) is 9.90 Å². The molecule has 2 nitrogen and oxygen atoms in total. The highest BCUT2D eigenvalue weighted by Gasteiger charge is 2.22. The summed E-state index contributed by atoms with van der Waals surface area (Å²) >= 11 is 0. The van der Waals surface area contributed by atoms with Crippen LogP contribution in [0.5, 0.6) is 0 Å². The number of hydrogen-bond acceptors (Lipinski definition) is 1. The van der Waals surface area contributed by atoms with Gasteiger partial charge in [0.25, 0.3) is 0 Å². The predicted molar refractivity (Wildman–Crippen MR) is 97.7 cm³/mol. The van der Waals surface area contributed by atoms with E-state index >= 15 is 0 Å². The van der Waals surface area contributed by atoms with Gasteiger partial charge in [-0.25, -0.2) is 4.79 Å². The molecular weight excluding hydrogens is 296 g/mol. The molecule has 1 aromatic rings. The van der Waals surface area contributed by atoms with Crippen LogP contribution in [0.15, 0.2) is 66.7 Å². The molecular formula is C22H22O2. The van der Waals surface area contributed by atoms with Crippen LogP contribution in [-0.4, -0.2) is 11.1 Å². The zero-order chi connectivity index (χ0) is 17.1. The van der Waals surface area contributed by atoms with Crippen LogP contribution in [0.25, 0.3) is 11.1 Å². The molecule has 0 amide bonds. The molecule has 0 aromatic heterocycles. The maximum Gasteiger partial charge on any atom is 0.335 e. The zero-order valence-corrected chi connectivity index (χ0v) is 14.1. The van der Waals surface area contributed by atoms with Crippen molar-refractivity contribution in [3.8, 4) is 11.1 Å². The maximum absolute atomic E-state index is 11.3. The quantitative estimate of drug-likeness (QED) is 0.677. The first-order valence-corrected chi connectivity index (χ1v) is 8.36. The van der Waals surface area contributed by atoms with Crippen molar-refractivity contribution < 1.29 is 9.90 Å². The minimum atomic E-state index is -0.889. The average Bonchev–Trinajstić information content (AvgIpc) is 2.82. The lowest BCUT2D eigenvalue weighted by atomic mass is 9.82. The third-order valence-corrected chi connectivity index (χ3v) is 4.66. The number of fused-ring (bicyclic) bond motifs is 1. The highest BCUT2D eigenvalue weighted by molar-refractivity contribution is 5.89. The molecule has 0 spiro atoms. The first-order chi connectivity index (χ1) is 11.6. The van der Waals surface area contributed by atoms with Crippen molar-refractivity contribution in [2.45, 2.75) is 26.2 Å². The predicted octanol–water partition coefficient (Wildman–Crippen LogP) is 5.47. The van der Waals surface area contributed by atoms with Gasteiger partial charge in [0.1, 0.15) is 0 Å². The Kier molecular flexibility index (Phi) is 4.66. The summed E-state index contributed by atoms with van der Waals surface area (Å²) in [5, 5.41) is 9.25. The third kappa shape index (κ3) is 3.33. The third-order valence-electron chi connectivity index (χ3n) is 4.66. The van der Waals surface area contributed by atoms with E-state index in [0.29, 0.717) is 17.4 Å². The molecule has 24 heavy (non-hydrogen) atoms. The fraction of sp³-hybridized carbons (Fsp3) is 0.227. The van der Waals surface area contributed by atoms with Crippen LogP contribution >= 0.6 is 0 Å². The van der Waals surface area contributed by atoms with Crippen molar-refractivity contribution in [3.05, 3.63) is 83.4 Å². The van der Waals surface area contributed by atoms with Crippen molar-refractivity contribution in [2.75, 3.05) is 0 Å². The Morgan fingerprint density at radius 1 is 0.958 bits per heavy atom. The fourth-order valence-electron chi connectivity index (χ4n) is 3.34. The summed E-state index contributed by atoms with van der Waals surface area (Å²) in [5.41, 5.74) is 5.10. The SMILES string of the molecule is CC(C)C(Cc1ccccc1)c1ccc2cc(C(=O)O)cccc1-2. The van der Waals surface area contributed by atoms with Crippen LogP contribution in [0.4, 0.5) is 0 Å². The van der Waals surface area contributed by atoms with Crippen LogP contribution in [0.1, 0.15) is 41.3 Å². The zero-order valence-electron chi connectivity index (χ0n) is 14.1. The van der Waals surface area contributed by atoms with Crippen molar-refractivity contribution in [1.29, 1.82) is 0 Å². The lowest BCUT2D eigenvalue weighted by Crippen LogP contribution is -2.10. The smallest absolute Gasteiger partial charge is 0.335 e. The molecule has 2 aliphatic rings. The number of benzene rings is 1. The van der Waals surface area contributed by atoms with Crippen molar-refractivity contribution in [2.24, 2.45) is 5.92 Å². The molecule has 0 bridgehead atoms. The van der Waals surface area contributed by atoms with Gasteiger partial charge in [-0.2, -0.15) is 0 Å². The van der Waals surface area contributed by atoms with Gasteiger partial charge in [0.15, 0.2) is 0 Å². The largest absolute Gasteiger partial charge is 0.478 e. The van der Waals surface area contributed by atoms with E-state index in [2.05, 4.69) is 44.2 Å². The second kappa shape index (κ2) is 6.88. The summed E-state index contributed by atoms with van der Waals surface area (Å²) in [6, 6.07) is 22.0. The van der Waals surface area contributed by atoms with E-state index in [0.717, 1.165) is 17.5 Å². The van der Waals surface area contributed by atoms with Gasteiger partial charge in [0.05, 0.1) is 5.56 Å². The van der Waals surface area contributed by atoms with E-state index in [1.807, 2.05) is 24.3 Å². The van der Waals surface area contributed by atoms with Crippen molar-refractivity contribution >= 4 is 5.97 Å². The van der Waals surface area contributed by atoms with Gasteiger partial charge >= 0.3 is 5.97 Å².